The highest BCUT2D eigenvalue weighted by molar-refractivity contribution is 7.98. The van der Waals surface area contributed by atoms with Crippen molar-refractivity contribution < 1.29 is 13.9 Å². The Balaban J connectivity index is 1.66. The van der Waals surface area contributed by atoms with E-state index in [4.69, 9.17) is 4.74 Å². The lowest BCUT2D eigenvalue weighted by molar-refractivity contribution is -0.120. The molecule has 1 amide bonds. The molecule has 1 aromatic rings. The van der Waals surface area contributed by atoms with Gasteiger partial charge in [0.25, 0.3) is 0 Å². The molecular weight excluding hydrogens is 303 g/mol. The average Bonchev–Trinajstić information content (AvgIpc) is 2.55. The summed E-state index contributed by atoms with van der Waals surface area (Å²) in [5.74, 6) is 0.867. The van der Waals surface area contributed by atoms with E-state index in [0.717, 1.165) is 17.1 Å². The van der Waals surface area contributed by atoms with E-state index in [0.29, 0.717) is 45.6 Å². The Morgan fingerprint density at radius 3 is 2.82 bits per heavy atom. The highest BCUT2D eigenvalue weighted by Gasteiger charge is 2.33. The van der Waals surface area contributed by atoms with Gasteiger partial charge in [0.05, 0.1) is 0 Å². The lowest BCUT2D eigenvalue weighted by atomic mass is 9.93. The van der Waals surface area contributed by atoms with Crippen molar-refractivity contribution in [3.63, 3.8) is 0 Å². The molecule has 4 nitrogen and oxygen atoms in total. The van der Waals surface area contributed by atoms with Crippen molar-refractivity contribution in [3.8, 4) is 5.75 Å². The first-order valence-corrected chi connectivity index (χ1v) is 8.74. The summed E-state index contributed by atoms with van der Waals surface area (Å²) in [4.78, 5) is 13.4. The zero-order valence-corrected chi connectivity index (χ0v) is 13.7. The second-order valence-electron chi connectivity index (χ2n) is 5.47. The van der Waals surface area contributed by atoms with Crippen LogP contribution in [-0.4, -0.2) is 56.0 Å². The van der Waals surface area contributed by atoms with E-state index in [1.54, 1.807) is 16.7 Å². The fourth-order valence-corrected chi connectivity index (χ4v) is 3.03. The van der Waals surface area contributed by atoms with Gasteiger partial charge in [0, 0.05) is 43.9 Å². The summed E-state index contributed by atoms with van der Waals surface area (Å²) in [6, 6.07) is 7.89. The molecule has 122 valence electrons. The summed E-state index contributed by atoms with van der Waals surface area (Å²) in [5, 5.41) is 3.12. The van der Waals surface area contributed by atoms with Crippen molar-refractivity contribution in [1.29, 1.82) is 0 Å². The number of hydrogen-bond donors (Lipinski definition) is 1. The highest BCUT2D eigenvalue weighted by atomic mass is 32.2. The van der Waals surface area contributed by atoms with Gasteiger partial charge in [-0.15, -0.1) is 11.8 Å². The van der Waals surface area contributed by atoms with Gasteiger partial charge in [-0.1, -0.05) is 12.1 Å². The van der Waals surface area contributed by atoms with Gasteiger partial charge >= 0.3 is 0 Å². The topological polar surface area (TPSA) is 41.6 Å². The number of halogens is 1. The van der Waals surface area contributed by atoms with Crippen LogP contribution in [0.2, 0.25) is 0 Å². The van der Waals surface area contributed by atoms with Crippen LogP contribution in [0, 0.1) is 0 Å². The molecule has 22 heavy (non-hydrogen) atoms. The number of rotatable bonds is 8. The van der Waals surface area contributed by atoms with E-state index in [1.165, 1.54) is 0 Å². The van der Waals surface area contributed by atoms with E-state index in [2.05, 4.69) is 5.32 Å². The Morgan fingerprint density at radius 2 is 2.14 bits per heavy atom. The lowest BCUT2D eigenvalue weighted by Gasteiger charge is -2.34. The molecule has 6 heteroatoms. The molecule has 0 bridgehead atoms. The standard InChI is InChI=1S/C16H23FN2O2S/c1-22-15-5-3-2-4-14(15)21-11-8-18-12-16(17)6-9-19(13-20)10-7-16/h2-5,13,18H,6-12H2,1H3. The van der Waals surface area contributed by atoms with Gasteiger partial charge < -0.3 is 15.0 Å². The summed E-state index contributed by atoms with van der Waals surface area (Å²) in [6.07, 6.45) is 3.60. The Hall–Kier alpha value is -1.27. The second-order valence-corrected chi connectivity index (χ2v) is 6.32. The molecule has 1 N–H and O–H groups in total. The molecule has 1 saturated heterocycles. The normalized spacial score (nSPS) is 17.3. The first-order valence-electron chi connectivity index (χ1n) is 7.52. The van der Waals surface area contributed by atoms with Crippen molar-refractivity contribution in [1.82, 2.24) is 10.2 Å². The summed E-state index contributed by atoms with van der Waals surface area (Å²) in [6.45, 7) is 2.42. The number of amides is 1. The number of ether oxygens (including phenoxy) is 1. The number of alkyl halides is 1. The third kappa shape index (κ3) is 4.88. The van der Waals surface area contributed by atoms with Gasteiger partial charge in [-0.2, -0.15) is 0 Å². The van der Waals surface area contributed by atoms with Crippen LogP contribution in [0.5, 0.6) is 5.75 Å². The SMILES string of the molecule is CSc1ccccc1OCCNCC1(F)CCN(C=O)CC1. The lowest BCUT2D eigenvalue weighted by Crippen LogP contribution is -2.47. The third-order valence-electron chi connectivity index (χ3n) is 3.89. The molecule has 1 aromatic carbocycles. The molecule has 0 aromatic heterocycles. The molecule has 0 spiro atoms. The predicted molar refractivity (Wildman–Crippen MR) is 87.3 cm³/mol. The van der Waals surface area contributed by atoms with Crippen LogP contribution in [0.3, 0.4) is 0 Å². The van der Waals surface area contributed by atoms with Gasteiger partial charge in [0.15, 0.2) is 0 Å². The van der Waals surface area contributed by atoms with Gasteiger partial charge in [-0.25, -0.2) is 4.39 Å². The average molecular weight is 326 g/mol. The third-order valence-corrected chi connectivity index (χ3v) is 4.67. The molecule has 1 heterocycles. The molecule has 0 aliphatic carbocycles. The van der Waals surface area contributed by atoms with Crippen molar-refractivity contribution >= 4 is 18.2 Å². The number of para-hydroxylation sites is 1. The largest absolute Gasteiger partial charge is 0.491 e. The van der Waals surface area contributed by atoms with Crippen molar-refractivity contribution in [2.75, 3.05) is 39.0 Å². The van der Waals surface area contributed by atoms with Crippen LogP contribution in [0.1, 0.15) is 12.8 Å². The van der Waals surface area contributed by atoms with Crippen molar-refractivity contribution in [3.05, 3.63) is 24.3 Å². The minimum Gasteiger partial charge on any atom is -0.491 e. The van der Waals surface area contributed by atoms with Gasteiger partial charge in [-0.3, -0.25) is 4.79 Å². The second kappa shape index (κ2) is 8.39. The molecular formula is C16H23FN2O2S. The van der Waals surface area contributed by atoms with Crippen LogP contribution in [0.25, 0.3) is 0 Å². The summed E-state index contributed by atoms with van der Waals surface area (Å²) in [5.41, 5.74) is -1.21. The number of nitrogens with one attached hydrogen (secondary N) is 1. The number of piperidine rings is 1. The number of carbonyl (C=O) groups is 1. The van der Waals surface area contributed by atoms with Crippen LogP contribution in [0.4, 0.5) is 4.39 Å². The fraction of sp³-hybridized carbons (Fsp3) is 0.562. The van der Waals surface area contributed by atoms with Crippen LogP contribution >= 0.6 is 11.8 Å². The van der Waals surface area contributed by atoms with E-state index < -0.39 is 5.67 Å². The van der Waals surface area contributed by atoms with Crippen LogP contribution in [0.15, 0.2) is 29.2 Å². The quantitative estimate of drug-likeness (QED) is 0.452. The molecule has 0 radical (unpaired) electrons. The predicted octanol–water partition coefficient (Wildman–Crippen LogP) is 2.34. The molecule has 0 saturated carbocycles. The number of thioether (sulfide) groups is 1. The molecule has 1 aliphatic rings. The maximum atomic E-state index is 14.5. The van der Waals surface area contributed by atoms with Crippen molar-refractivity contribution in [2.45, 2.75) is 23.4 Å². The number of benzene rings is 1. The molecule has 1 aliphatic heterocycles. The monoisotopic (exact) mass is 326 g/mol. The first kappa shape index (κ1) is 17.1. The zero-order chi connectivity index (χ0) is 15.8. The van der Waals surface area contributed by atoms with Gasteiger partial charge in [0.1, 0.15) is 18.0 Å². The van der Waals surface area contributed by atoms with E-state index >= 15 is 0 Å². The molecule has 2 rings (SSSR count). The number of hydrogen-bond acceptors (Lipinski definition) is 4. The van der Waals surface area contributed by atoms with Gasteiger partial charge in [-0.05, 0) is 18.4 Å². The van der Waals surface area contributed by atoms with E-state index in [1.807, 2.05) is 30.5 Å². The summed E-state index contributed by atoms with van der Waals surface area (Å²) < 4.78 is 20.2. The zero-order valence-electron chi connectivity index (χ0n) is 12.9. The van der Waals surface area contributed by atoms with Crippen LogP contribution < -0.4 is 10.1 Å². The molecule has 0 atom stereocenters. The molecule has 1 fully saturated rings. The van der Waals surface area contributed by atoms with E-state index in [9.17, 15) is 9.18 Å². The number of nitrogens with zero attached hydrogens (tertiary/aromatic N) is 1. The first-order chi connectivity index (χ1) is 10.7. The number of likely N-dealkylation sites (tertiary alicyclic amines) is 1. The Morgan fingerprint density at radius 1 is 1.41 bits per heavy atom. The smallest absolute Gasteiger partial charge is 0.209 e. The maximum absolute atomic E-state index is 14.5. The fourth-order valence-electron chi connectivity index (χ4n) is 2.49. The number of carbonyl (C=O) groups excluding carboxylic acids is 1. The van der Waals surface area contributed by atoms with Crippen molar-refractivity contribution in [2.24, 2.45) is 0 Å². The maximum Gasteiger partial charge on any atom is 0.209 e. The summed E-state index contributed by atoms with van der Waals surface area (Å²) >= 11 is 1.65. The Labute approximate surface area is 135 Å². The summed E-state index contributed by atoms with van der Waals surface area (Å²) in [7, 11) is 0. The van der Waals surface area contributed by atoms with Crippen LogP contribution in [-0.2, 0) is 4.79 Å². The minimum absolute atomic E-state index is 0.313. The Bertz CT molecular complexity index is 479. The van der Waals surface area contributed by atoms with E-state index in [-0.39, 0.29) is 0 Å². The highest BCUT2D eigenvalue weighted by Crippen LogP contribution is 2.27. The van der Waals surface area contributed by atoms with Gasteiger partial charge in [0.2, 0.25) is 6.41 Å². The molecule has 0 unspecified atom stereocenters. The minimum atomic E-state index is -1.21. The Kier molecular flexibility index (Phi) is 6.51.